The Morgan fingerprint density at radius 3 is 1.82 bits per heavy atom. The fourth-order valence-electron chi connectivity index (χ4n) is 0.576. The minimum Gasteiger partial charge on any atom is -0.166 e. The van der Waals surface area contributed by atoms with Crippen LogP contribution in [0.2, 0.25) is 0 Å². The molecule has 0 fully saturated rings. The molecule has 0 unspecified atom stereocenters. The van der Waals surface area contributed by atoms with Gasteiger partial charge in [0.05, 0.1) is 5.56 Å². The third-order valence-corrected chi connectivity index (χ3v) is 1.05. The van der Waals surface area contributed by atoms with Crippen LogP contribution >= 0.6 is 0 Å². The van der Waals surface area contributed by atoms with Crippen molar-refractivity contribution in [2.45, 2.75) is 6.18 Å². The van der Waals surface area contributed by atoms with E-state index in [1.165, 1.54) is 12.1 Å². The normalized spacial score (nSPS) is 10.5. The van der Waals surface area contributed by atoms with Gasteiger partial charge in [0.15, 0.2) is 17.4 Å². The van der Waals surface area contributed by atoms with E-state index >= 15 is 0 Å². The maximum Gasteiger partial charge on any atom is 0.416 e. The lowest BCUT2D eigenvalue weighted by atomic mass is 10.2. The first-order valence-electron chi connectivity index (χ1n) is 2.64. The Labute approximate surface area is 73.2 Å². The zero-order chi connectivity index (χ0) is 7.61. The van der Waals surface area contributed by atoms with Gasteiger partial charge in [0.1, 0.15) is 0 Å². The number of rotatable bonds is 0. The van der Waals surface area contributed by atoms with E-state index in [0.29, 0.717) is 0 Å². The molecule has 0 N–H and O–H groups in total. The summed E-state index contributed by atoms with van der Waals surface area (Å²) in [5.74, 6) is 0. The van der Waals surface area contributed by atoms with Gasteiger partial charge in [-0.3, -0.25) is 0 Å². The van der Waals surface area contributed by atoms with Crippen LogP contribution in [-0.4, -0.2) is 17.4 Å². The Hall–Kier alpha value is -0.458. The van der Waals surface area contributed by atoms with Crippen LogP contribution in [0.15, 0.2) is 24.3 Å². The maximum atomic E-state index is 11.8. The Kier molecular flexibility index (Phi) is 3.64. The van der Waals surface area contributed by atoms with E-state index in [9.17, 15) is 13.2 Å². The fraction of sp³-hybridized carbons (Fsp3) is 0.143. The van der Waals surface area contributed by atoms with Gasteiger partial charge in [-0.15, -0.1) is 0 Å². The van der Waals surface area contributed by atoms with Crippen molar-refractivity contribution in [3.05, 3.63) is 35.9 Å². The van der Waals surface area contributed by atoms with Crippen molar-refractivity contribution in [2.75, 3.05) is 0 Å². The summed E-state index contributed by atoms with van der Waals surface area (Å²) in [4.78, 5) is 0. The molecule has 1 rings (SSSR count). The Balaban J connectivity index is 0.000001000. The predicted octanol–water partition coefficient (Wildman–Crippen LogP) is 1.32. The highest BCUT2D eigenvalue weighted by Crippen LogP contribution is 2.28. The molecule has 4 heteroatoms. The first kappa shape index (κ1) is 10.5. The summed E-state index contributed by atoms with van der Waals surface area (Å²) in [5, 5.41) is 0. The summed E-state index contributed by atoms with van der Waals surface area (Å²) in [6, 6.07) is 6.95. The molecule has 0 aromatic heterocycles. The average Bonchev–Trinajstić information content (AvgIpc) is 1.88. The Morgan fingerprint density at radius 1 is 1.09 bits per heavy atom. The predicted molar refractivity (Wildman–Crippen MR) is 40.2 cm³/mol. The van der Waals surface area contributed by atoms with Crippen molar-refractivity contribution in [2.24, 2.45) is 0 Å². The second-order valence-corrected chi connectivity index (χ2v) is 1.79. The van der Waals surface area contributed by atoms with Gasteiger partial charge >= 0.3 is 6.18 Å². The zero-order valence-corrected chi connectivity index (χ0v) is 4.94. The molecule has 0 aliphatic heterocycles. The second-order valence-electron chi connectivity index (χ2n) is 1.79. The lowest BCUT2D eigenvalue weighted by molar-refractivity contribution is -0.137. The summed E-state index contributed by atoms with van der Waals surface area (Å²) in [5.41, 5.74) is -0.633. The van der Waals surface area contributed by atoms with Crippen molar-refractivity contribution in [3.63, 3.8) is 0 Å². The number of halogens is 3. The number of hydrogen-bond acceptors (Lipinski definition) is 0. The summed E-state index contributed by atoms with van der Waals surface area (Å²) in [6.07, 6.45) is -4.23. The van der Waals surface area contributed by atoms with Crippen LogP contribution in [0.1, 0.15) is 5.56 Å². The van der Waals surface area contributed by atoms with Crippen molar-refractivity contribution < 1.29 is 13.2 Å². The Morgan fingerprint density at radius 2 is 1.55 bits per heavy atom. The molecule has 0 atom stereocenters. The quantitative estimate of drug-likeness (QED) is 0.521. The van der Waals surface area contributed by atoms with Gasteiger partial charge in [0.2, 0.25) is 0 Å². The highest BCUT2D eigenvalue weighted by atomic mass is 27.0. The van der Waals surface area contributed by atoms with Gasteiger partial charge < -0.3 is 0 Å². The molecule has 0 saturated carbocycles. The average molecular weight is 175 g/mol. The molecule has 11 heavy (non-hydrogen) atoms. The molecule has 0 nitrogen and oxygen atoms in total. The van der Waals surface area contributed by atoms with Crippen molar-refractivity contribution >= 4 is 17.4 Å². The molecule has 0 saturated heterocycles. The smallest absolute Gasteiger partial charge is 0.166 e. The lowest BCUT2D eigenvalue weighted by Crippen LogP contribution is -2.03. The van der Waals surface area contributed by atoms with E-state index in [1.54, 1.807) is 0 Å². The van der Waals surface area contributed by atoms with Crippen LogP contribution in [0.5, 0.6) is 0 Å². The van der Waals surface area contributed by atoms with Crippen LogP contribution in [0, 0.1) is 6.07 Å². The summed E-state index contributed by atoms with van der Waals surface area (Å²) < 4.78 is 35.3. The molecule has 0 aliphatic rings. The van der Waals surface area contributed by atoms with Crippen LogP contribution in [-0.2, 0) is 6.18 Å². The fourth-order valence-corrected chi connectivity index (χ4v) is 0.576. The van der Waals surface area contributed by atoms with Crippen LogP contribution in [0.4, 0.5) is 13.2 Å². The molecular weight excluding hydrogens is 168 g/mol. The van der Waals surface area contributed by atoms with Gasteiger partial charge in [-0.1, -0.05) is 12.1 Å². The topological polar surface area (TPSA) is 0 Å². The first-order chi connectivity index (χ1) is 4.61. The number of hydrogen-bond donors (Lipinski definition) is 0. The van der Waals surface area contributed by atoms with Gasteiger partial charge in [-0.2, -0.15) is 13.2 Å². The summed E-state index contributed by atoms with van der Waals surface area (Å²) >= 11 is 0. The SMILES string of the molecule is FC(F)(F)c1cc[c]cc1.[AlH3]. The van der Waals surface area contributed by atoms with Crippen LogP contribution < -0.4 is 0 Å². The standard InChI is InChI=1S/C7H4F3.Al.3H/c8-7(9,10)6-4-2-1-3-5-6;;;;/h2-5H;;;;. The molecule has 0 aliphatic carbocycles. The molecular formula is C7H7AlF3. The van der Waals surface area contributed by atoms with Crippen LogP contribution in [0.25, 0.3) is 0 Å². The lowest BCUT2D eigenvalue weighted by Gasteiger charge is -2.03. The zero-order valence-electron chi connectivity index (χ0n) is 4.94. The minimum absolute atomic E-state index is 0. The van der Waals surface area contributed by atoms with E-state index in [4.69, 9.17) is 0 Å². The third kappa shape index (κ3) is 2.96. The van der Waals surface area contributed by atoms with E-state index in [1.807, 2.05) is 0 Å². The van der Waals surface area contributed by atoms with E-state index in [2.05, 4.69) is 6.07 Å². The monoisotopic (exact) mass is 175 g/mol. The van der Waals surface area contributed by atoms with Gasteiger partial charge in [-0.05, 0) is 18.2 Å². The molecule has 0 amide bonds. The highest BCUT2D eigenvalue weighted by Gasteiger charge is 2.29. The van der Waals surface area contributed by atoms with E-state index < -0.39 is 11.7 Å². The summed E-state index contributed by atoms with van der Waals surface area (Å²) in [6.45, 7) is 0. The second kappa shape index (κ2) is 3.80. The van der Waals surface area contributed by atoms with E-state index in [-0.39, 0.29) is 17.4 Å². The minimum atomic E-state index is -4.23. The number of benzene rings is 1. The molecule has 0 spiro atoms. The summed E-state index contributed by atoms with van der Waals surface area (Å²) in [7, 11) is 0. The molecule has 1 radical (unpaired) electrons. The van der Waals surface area contributed by atoms with Crippen molar-refractivity contribution in [1.82, 2.24) is 0 Å². The van der Waals surface area contributed by atoms with Crippen LogP contribution in [0.3, 0.4) is 0 Å². The van der Waals surface area contributed by atoms with Crippen molar-refractivity contribution in [3.8, 4) is 0 Å². The van der Waals surface area contributed by atoms with Gasteiger partial charge in [0.25, 0.3) is 0 Å². The molecule has 0 bridgehead atoms. The number of alkyl halides is 3. The first-order valence-corrected chi connectivity index (χ1v) is 2.64. The molecule has 59 valence electrons. The van der Waals surface area contributed by atoms with Gasteiger partial charge in [-0.25, -0.2) is 0 Å². The third-order valence-electron chi connectivity index (χ3n) is 1.05. The highest BCUT2D eigenvalue weighted by molar-refractivity contribution is 5.75. The Bertz CT molecular complexity index is 205. The largest absolute Gasteiger partial charge is 0.416 e. The molecule has 0 heterocycles. The molecule has 1 aromatic rings. The van der Waals surface area contributed by atoms with E-state index in [0.717, 1.165) is 12.1 Å². The van der Waals surface area contributed by atoms with Gasteiger partial charge in [0, 0.05) is 0 Å². The maximum absolute atomic E-state index is 11.8. The molecule has 1 aromatic carbocycles. The van der Waals surface area contributed by atoms with Crippen molar-refractivity contribution in [1.29, 1.82) is 0 Å².